The van der Waals surface area contributed by atoms with Crippen LogP contribution in [0.3, 0.4) is 0 Å². The Kier molecular flexibility index (Phi) is 4.43. The van der Waals surface area contributed by atoms with E-state index in [2.05, 4.69) is 18.2 Å². The van der Waals surface area contributed by atoms with Gasteiger partial charge in [0.05, 0.1) is 12.5 Å². The summed E-state index contributed by atoms with van der Waals surface area (Å²) >= 11 is 6.11. The highest BCUT2D eigenvalue weighted by Crippen LogP contribution is 2.67. The van der Waals surface area contributed by atoms with Crippen molar-refractivity contribution in [2.45, 2.75) is 62.9 Å². The fourth-order valence-corrected chi connectivity index (χ4v) is 6.49. The van der Waals surface area contributed by atoms with Gasteiger partial charge in [-0.3, -0.25) is 4.79 Å². The number of hydrogen-bond acceptors (Lipinski definition) is 4. The number of carbonyl (C=O) groups is 1. The molecule has 4 aliphatic rings. The quantitative estimate of drug-likeness (QED) is 0.575. The van der Waals surface area contributed by atoms with E-state index in [9.17, 15) is 4.79 Å². The van der Waals surface area contributed by atoms with Crippen LogP contribution in [-0.2, 0) is 26.3 Å². The predicted molar refractivity (Wildman–Crippen MR) is 123 cm³/mol. The van der Waals surface area contributed by atoms with E-state index in [0.29, 0.717) is 5.02 Å². The molecule has 2 aliphatic carbocycles. The monoisotopic (exact) mass is 450 g/mol. The summed E-state index contributed by atoms with van der Waals surface area (Å²) in [5.74, 6) is 0.162. The standard InChI is InChI=1S/C27H27ClO4/c1-25-13-3-4-14-26(25)31-24(23(25)29)27(32-26)19(15-17-5-9-20(28)10-6-17)8-7-18-16-21(30-2)11-12-22(18)27/h5-6,9-12,15-16,24H,3-4,7-8,13-14H2,1-2H3/b19-15+/t24-,25+,26-,27+/m0/s1. The zero-order valence-corrected chi connectivity index (χ0v) is 19.2. The second-order valence-corrected chi connectivity index (χ2v) is 10.2. The molecule has 32 heavy (non-hydrogen) atoms. The number of ether oxygens (including phenoxy) is 3. The first-order valence-electron chi connectivity index (χ1n) is 11.5. The first kappa shape index (κ1) is 20.5. The number of halogens is 1. The van der Waals surface area contributed by atoms with E-state index in [1.165, 1.54) is 0 Å². The fraction of sp³-hybridized carbons (Fsp3) is 0.444. The molecule has 0 amide bonds. The molecule has 2 aromatic carbocycles. The maximum Gasteiger partial charge on any atom is 0.183 e. The van der Waals surface area contributed by atoms with E-state index in [1.54, 1.807) is 7.11 Å². The second-order valence-electron chi connectivity index (χ2n) is 9.74. The van der Waals surface area contributed by atoms with E-state index >= 15 is 0 Å². The zero-order valence-electron chi connectivity index (χ0n) is 18.4. The Hall–Kier alpha value is -2.14. The minimum absolute atomic E-state index is 0.189. The highest BCUT2D eigenvalue weighted by molar-refractivity contribution is 6.30. The fourth-order valence-electron chi connectivity index (χ4n) is 6.37. The van der Waals surface area contributed by atoms with Crippen LogP contribution in [0.1, 0.15) is 55.7 Å². The van der Waals surface area contributed by atoms with Gasteiger partial charge < -0.3 is 14.2 Å². The predicted octanol–water partition coefficient (Wildman–Crippen LogP) is 5.85. The molecule has 4 nitrogen and oxygen atoms in total. The van der Waals surface area contributed by atoms with Crippen molar-refractivity contribution < 1.29 is 19.0 Å². The van der Waals surface area contributed by atoms with Crippen LogP contribution in [0.5, 0.6) is 5.75 Å². The summed E-state index contributed by atoms with van der Waals surface area (Å²) in [6.07, 6.45) is 6.83. The lowest BCUT2D eigenvalue weighted by Gasteiger charge is -2.50. The highest BCUT2D eigenvalue weighted by atomic mass is 35.5. The van der Waals surface area contributed by atoms with Gasteiger partial charge in [-0.25, -0.2) is 0 Å². The van der Waals surface area contributed by atoms with Gasteiger partial charge >= 0.3 is 0 Å². The Morgan fingerprint density at radius 1 is 1.09 bits per heavy atom. The molecule has 0 radical (unpaired) electrons. The van der Waals surface area contributed by atoms with Crippen molar-refractivity contribution in [1.82, 2.24) is 0 Å². The Morgan fingerprint density at radius 3 is 2.66 bits per heavy atom. The minimum atomic E-state index is -0.895. The molecule has 6 rings (SSSR count). The summed E-state index contributed by atoms with van der Waals surface area (Å²) in [4.78, 5) is 13.9. The summed E-state index contributed by atoms with van der Waals surface area (Å²) in [5.41, 5.74) is 2.87. The van der Waals surface area contributed by atoms with Gasteiger partial charge in [0.1, 0.15) is 5.75 Å². The lowest BCUT2D eigenvalue weighted by Crippen LogP contribution is -2.59. The van der Waals surface area contributed by atoms with E-state index in [0.717, 1.165) is 66.5 Å². The summed E-state index contributed by atoms with van der Waals surface area (Å²) in [6, 6.07) is 13.9. The van der Waals surface area contributed by atoms with Gasteiger partial charge in [0.15, 0.2) is 23.3 Å². The molecule has 5 heteroatoms. The van der Waals surface area contributed by atoms with Crippen molar-refractivity contribution in [2.24, 2.45) is 5.41 Å². The molecule has 0 aromatic heterocycles. The van der Waals surface area contributed by atoms with E-state index < -0.39 is 22.9 Å². The average Bonchev–Trinajstić information content (AvgIpc) is 3.26. The van der Waals surface area contributed by atoms with Crippen LogP contribution in [0.4, 0.5) is 0 Å². The number of methoxy groups -OCH3 is 1. The summed E-state index contributed by atoms with van der Waals surface area (Å²) in [5, 5.41) is 0.703. The third-order valence-electron chi connectivity index (χ3n) is 8.12. The van der Waals surface area contributed by atoms with E-state index in [4.69, 9.17) is 25.8 Å². The molecule has 2 aliphatic heterocycles. The molecule has 2 bridgehead atoms. The van der Waals surface area contributed by atoms with Gasteiger partial charge in [-0.15, -0.1) is 0 Å². The van der Waals surface area contributed by atoms with E-state index in [1.807, 2.05) is 37.3 Å². The number of carbonyl (C=O) groups excluding carboxylic acids is 1. The molecular weight excluding hydrogens is 424 g/mol. The van der Waals surface area contributed by atoms with Crippen LogP contribution in [0.2, 0.25) is 5.02 Å². The maximum absolute atomic E-state index is 13.9. The van der Waals surface area contributed by atoms with Crippen molar-refractivity contribution in [3.05, 3.63) is 69.8 Å². The molecule has 2 saturated heterocycles. The molecule has 1 saturated carbocycles. The van der Waals surface area contributed by atoms with Gasteiger partial charge in [-0.05, 0) is 79.1 Å². The number of aryl methyl sites for hydroxylation is 1. The van der Waals surface area contributed by atoms with Crippen molar-refractivity contribution >= 4 is 23.5 Å². The molecule has 2 heterocycles. The molecule has 3 fully saturated rings. The van der Waals surface area contributed by atoms with Gasteiger partial charge in [0, 0.05) is 11.4 Å². The highest BCUT2D eigenvalue weighted by Gasteiger charge is 2.77. The lowest BCUT2D eigenvalue weighted by molar-refractivity contribution is -0.249. The third kappa shape index (κ3) is 2.55. The van der Waals surface area contributed by atoms with Crippen molar-refractivity contribution in [2.75, 3.05) is 7.11 Å². The number of ketones is 1. The number of fused-ring (bicyclic) bond motifs is 4. The Bertz CT molecular complexity index is 1140. The number of rotatable bonds is 2. The van der Waals surface area contributed by atoms with Crippen molar-refractivity contribution in [3.8, 4) is 5.75 Å². The minimum Gasteiger partial charge on any atom is -0.497 e. The molecule has 2 spiro atoms. The SMILES string of the molecule is COc1ccc2c(c1)CC/C(=C\c1ccc(Cl)cc1)[C@@]21O[C@@]23CCCC[C@]2(C)C(=O)[C@@H]1O3. The smallest absolute Gasteiger partial charge is 0.183 e. The summed E-state index contributed by atoms with van der Waals surface area (Å²) in [7, 11) is 1.68. The van der Waals surface area contributed by atoms with Crippen LogP contribution in [0, 0.1) is 5.41 Å². The van der Waals surface area contributed by atoms with Crippen LogP contribution in [0.15, 0.2) is 48.0 Å². The van der Waals surface area contributed by atoms with Crippen LogP contribution < -0.4 is 4.74 Å². The molecule has 0 N–H and O–H groups in total. The van der Waals surface area contributed by atoms with Crippen LogP contribution in [-0.4, -0.2) is 24.8 Å². The average molecular weight is 451 g/mol. The van der Waals surface area contributed by atoms with Crippen LogP contribution >= 0.6 is 11.6 Å². The number of hydrogen-bond donors (Lipinski definition) is 0. The summed E-state index contributed by atoms with van der Waals surface area (Å²) < 4.78 is 19.2. The topological polar surface area (TPSA) is 44.8 Å². The number of benzene rings is 2. The number of Topliss-reactive ketones (excluding diaryl/α,β-unsaturated/α-hetero) is 1. The van der Waals surface area contributed by atoms with Gasteiger partial charge in [0.2, 0.25) is 0 Å². The van der Waals surface area contributed by atoms with Gasteiger partial charge in [-0.1, -0.05) is 42.3 Å². The first-order valence-corrected chi connectivity index (χ1v) is 11.9. The van der Waals surface area contributed by atoms with Crippen molar-refractivity contribution in [1.29, 1.82) is 0 Å². The molecular formula is C27H27ClO4. The maximum atomic E-state index is 13.9. The normalized spacial score (nSPS) is 36.4. The molecule has 4 atom stereocenters. The Balaban J connectivity index is 1.55. The first-order chi connectivity index (χ1) is 15.4. The second kappa shape index (κ2) is 6.93. The third-order valence-corrected chi connectivity index (χ3v) is 8.37. The molecule has 166 valence electrons. The zero-order chi connectivity index (χ0) is 22.1. The lowest BCUT2D eigenvalue weighted by atomic mass is 9.61. The Morgan fingerprint density at radius 2 is 1.88 bits per heavy atom. The van der Waals surface area contributed by atoms with Gasteiger partial charge in [0.25, 0.3) is 0 Å². The largest absolute Gasteiger partial charge is 0.497 e. The molecule has 2 aromatic rings. The van der Waals surface area contributed by atoms with Gasteiger partial charge in [-0.2, -0.15) is 0 Å². The summed E-state index contributed by atoms with van der Waals surface area (Å²) in [6.45, 7) is 2.04. The van der Waals surface area contributed by atoms with Crippen molar-refractivity contribution in [3.63, 3.8) is 0 Å². The Labute approximate surface area is 193 Å². The molecule has 0 unspecified atom stereocenters. The van der Waals surface area contributed by atoms with Crippen LogP contribution in [0.25, 0.3) is 6.08 Å². The van der Waals surface area contributed by atoms with E-state index in [-0.39, 0.29) is 5.78 Å².